The summed E-state index contributed by atoms with van der Waals surface area (Å²) >= 11 is 0. The molecule has 0 radical (unpaired) electrons. The van der Waals surface area contributed by atoms with Crippen LogP contribution in [0.4, 0.5) is 0 Å². The zero-order valence-corrected chi connectivity index (χ0v) is 12.6. The highest BCUT2D eigenvalue weighted by Gasteiger charge is 2.31. The number of nitrogens with one attached hydrogen (secondary N) is 1. The number of sulfonamides is 1. The zero-order valence-electron chi connectivity index (χ0n) is 11.7. The lowest BCUT2D eigenvalue weighted by Gasteiger charge is -2.14. The van der Waals surface area contributed by atoms with Crippen LogP contribution in [0, 0.1) is 5.92 Å². The van der Waals surface area contributed by atoms with Crippen molar-refractivity contribution in [1.82, 2.24) is 4.72 Å². The summed E-state index contributed by atoms with van der Waals surface area (Å²) in [7, 11) is -3.83. The molecular formula is C14H19NO5S. The molecule has 0 spiro atoms. The van der Waals surface area contributed by atoms with E-state index in [1.165, 1.54) is 12.1 Å². The van der Waals surface area contributed by atoms with Crippen molar-refractivity contribution in [2.24, 2.45) is 5.92 Å². The molecule has 0 heterocycles. The minimum Gasteiger partial charge on any atom is -0.478 e. The molecule has 1 unspecified atom stereocenters. The maximum atomic E-state index is 12.3. The maximum Gasteiger partial charge on any atom is 0.335 e. The number of carboxylic acids is 1. The minimum atomic E-state index is -3.83. The number of aliphatic hydroxyl groups is 1. The number of carboxylic acid groups (broad SMARTS) is 1. The molecule has 21 heavy (non-hydrogen) atoms. The molecule has 0 aromatic heterocycles. The van der Waals surface area contributed by atoms with Crippen molar-refractivity contribution in [3.05, 3.63) is 29.3 Å². The molecule has 0 amide bonds. The predicted molar refractivity (Wildman–Crippen MR) is 76.7 cm³/mol. The molecule has 2 rings (SSSR count). The third kappa shape index (κ3) is 3.81. The van der Waals surface area contributed by atoms with Crippen LogP contribution < -0.4 is 4.72 Å². The number of aryl methyl sites for hydroxylation is 1. The van der Waals surface area contributed by atoms with Gasteiger partial charge in [0.05, 0.1) is 16.6 Å². The minimum absolute atomic E-state index is 0.0344. The molecule has 3 N–H and O–H groups in total. The van der Waals surface area contributed by atoms with Gasteiger partial charge in [-0.3, -0.25) is 0 Å². The van der Waals surface area contributed by atoms with Crippen LogP contribution in [-0.4, -0.2) is 37.2 Å². The van der Waals surface area contributed by atoms with Gasteiger partial charge in [-0.2, -0.15) is 0 Å². The van der Waals surface area contributed by atoms with Crippen LogP contribution in [0.3, 0.4) is 0 Å². The van der Waals surface area contributed by atoms with E-state index in [1.807, 2.05) is 0 Å². The Morgan fingerprint density at radius 2 is 2.10 bits per heavy atom. The molecule has 1 saturated carbocycles. The van der Waals surface area contributed by atoms with E-state index < -0.39 is 22.1 Å². The van der Waals surface area contributed by atoms with Crippen molar-refractivity contribution in [3.63, 3.8) is 0 Å². The molecule has 1 atom stereocenters. The first-order valence-corrected chi connectivity index (χ1v) is 8.37. The first-order valence-electron chi connectivity index (χ1n) is 6.89. The van der Waals surface area contributed by atoms with E-state index in [1.54, 1.807) is 6.92 Å². The average molecular weight is 313 g/mol. The van der Waals surface area contributed by atoms with Crippen LogP contribution in [0.25, 0.3) is 0 Å². The van der Waals surface area contributed by atoms with E-state index in [2.05, 4.69) is 4.72 Å². The van der Waals surface area contributed by atoms with Gasteiger partial charge < -0.3 is 10.2 Å². The normalized spacial score (nSPS) is 16.7. The third-order valence-electron chi connectivity index (χ3n) is 3.63. The van der Waals surface area contributed by atoms with Crippen LogP contribution in [-0.2, 0) is 16.4 Å². The standard InChI is InChI=1S/C14H19NO5S/c1-2-9-3-6-11(14(17)18)7-13(9)21(19,20)15-8-12(16)10-4-5-10/h3,6-7,10,12,15-16H,2,4-5,8H2,1H3,(H,17,18). The summed E-state index contributed by atoms with van der Waals surface area (Å²) in [6.45, 7) is 1.75. The van der Waals surface area contributed by atoms with E-state index >= 15 is 0 Å². The molecule has 0 bridgehead atoms. The van der Waals surface area contributed by atoms with Crippen molar-refractivity contribution < 1.29 is 23.4 Å². The van der Waals surface area contributed by atoms with E-state index in [0.29, 0.717) is 12.0 Å². The summed E-state index contributed by atoms with van der Waals surface area (Å²) in [5.74, 6) is -1.00. The van der Waals surface area contributed by atoms with Crippen molar-refractivity contribution in [2.75, 3.05) is 6.54 Å². The van der Waals surface area contributed by atoms with Gasteiger partial charge in [-0.25, -0.2) is 17.9 Å². The second-order valence-electron chi connectivity index (χ2n) is 5.24. The van der Waals surface area contributed by atoms with Gasteiger partial charge >= 0.3 is 5.97 Å². The van der Waals surface area contributed by atoms with Crippen LogP contribution >= 0.6 is 0 Å². The number of aromatic carboxylic acids is 1. The van der Waals surface area contributed by atoms with Crippen molar-refractivity contribution in [2.45, 2.75) is 37.2 Å². The molecule has 1 aromatic rings. The Bertz CT molecular complexity index is 637. The molecule has 0 aliphatic heterocycles. The number of carbonyl (C=O) groups is 1. The van der Waals surface area contributed by atoms with Gasteiger partial charge in [0, 0.05) is 6.54 Å². The van der Waals surface area contributed by atoms with Crippen LogP contribution in [0.15, 0.2) is 23.1 Å². The predicted octanol–water partition coefficient (Wildman–Crippen LogP) is 0.996. The highest BCUT2D eigenvalue weighted by molar-refractivity contribution is 7.89. The molecule has 1 aliphatic carbocycles. The summed E-state index contributed by atoms with van der Waals surface area (Å²) in [5.41, 5.74) is 0.476. The summed E-state index contributed by atoms with van der Waals surface area (Å²) in [4.78, 5) is 11.0. The van der Waals surface area contributed by atoms with Crippen molar-refractivity contribution in [3.8, 4) is 0 Å². The Hall–Kier alpha value is -1.44. The lowest BCUT2D eigenvalue weighted by molar-refractivity contribution is 0.0696. The van der Waals surface area contributed by atoms with Gasteiger partial charge in [-0.05, 0) is 42.9 Å². The first kappa shape index (κ1) is 15.9. The Labute approximate surface area is 123 Å². The van der Waals surface area contributed by atoms with Gasteiger partial charge in [-0.1, -0.05) is 13.0 Å². The third-order valence-corrected chi connectivity index (χ3v) is 5.14. The second kappa shape index (κ2) is 6.13. The van der Waals surface area contributed by atoms with Crippen LogP contribution in [0.1, 0.15) is 35.7 Å². The SMILES string of the molecule is CCc1ccc(C(=O)O)cc1S(=O)(=O)NCC(O)C1CC1. The Morgan fingerprint density at radius 1 is 1.43 bits per heavy atom. The highest BCUT2D eigenvalue weighted by Crippen LogP contribution is 2.32. The van der Waals surface area contributed by atoms with Gasteiger partial charge in [0.15, 0.2) is 0 Å². The number of aliphatic hydroxyl groups excluding tert-OH is 1. The number of hydrogen-bond donors (Lipinski definition) is 3. The summed E-state index contributed by atoms with van der Waals surface area (Å²) < 4.78 is 27.0. The fourth-order valence-electron chi connectivity index (χ4n) is 2.15. The number of hydrogen-bond acceptors (Lipinski definition) is 4. The fraction of sp³-hybridized carbons (Fsp3) is 0.500. The van der Waals surface area contributed by atoms with E-state index in [9.17, 15) is 18.3 Å². The number of benzene rings is 1. The van der Waals surface area contributed by atoms with Gasteiger partial charge in [0.2, 0.25) is 10.0 Å². The van der Waals surface area contributed by atoms with Gasteiger partial charge in [0.25, 0.3) is 0 Å². The number of rotatable bonds is 7. The van der Waals surface area contributed by atoms with Crippen molar-refractivity contribution >= 4 is 16.0 Å². The van der Waals surface area contributed by atoms with Crippen LogP contribution in [0.2, 0.25) is 0 Å². The van der Waals surface area contributed by atoms with E-state index in [0.717, 1.165) is 18.9 Å². The Balaban J connectivity index is 2.24. The summed E-state index contributed by atoms with van der Waals surface area (Å²) in [6.07, 6.45) is 1.61. The van der Waals surface area contributed by atoms with Crippen LogP contribution in [0.5, 0.6) is 0 Å². The quantitative estimate of drug-likeness (QED) is 0.696. The van der Waals surface area contributed by atoms with E-state index in [4.69, 9.17) is 5.11 Å². The summed E-state index contributed by atoms with van der Waals surface area (Å²) in [5, 5.41) is 18.7. The molecule has 0 saturated heterocycles. The molecule has 1 aliphatic rings. The lowest BCUT2D eigenvalue weighted by atomic mass is 10.1. The molecule has 1 aromatic carbocycles. The fourth-order valence-corrected chi connectivity index (χ4v) is 3.54. The smallest absolute Gasteiger partial charge is 0.335 e. The Morgan fingerprint density at radius 3 is 2.62 bits per heavy atom. The maximum absolute atomic E-state index is 12.3. The topological polar surface area (TPSA) is 104 Å². The average Bonchev–Trinajstić information content (AvgIpc) is 3.28. The molecule has 7 heteroatoms. The van der Waals surface area contributed by atoms with Gasteiger partial charge in [0.1, 0.15) is 0 Å². The molecule has 1 fully saturated rings. The van der Waals surface area contributed by atoms with Gasteiger partial charge in [-0.15, -0.1) is 0 Å². The van der Waals surface area contributed by atoms with Crippen molar-refractivity contribution in [1.29, 1.82) is 0 Å². The first-order chi connectivity index (χ1) is 9.85. The van der Waals surface area contributed by atoms with E-state index in [-0.39, 0.29) is 22.9 Å². The molecular weight excluding hydrogens is 294 g/mol. The molecule has 6 nitrogen and oxygen atoms in total. The lowest BCUT2D eigenvalue weighted by Crippen LogP contribution is -2.33. The highest BCUT2D eigenvalue weighted by atomic mass is 32.2. The molecule has 116 valence electrons. The Kier molecular flexibility index (Phi) is 4.65. The zero-order chi connectivity index (χ0) is 15.6. The monoisotopic (exact) mass is 313 g/mol. The second-order valence-corrected chi connectivity index (χ2v) is 6.97. The largest absolute Gasteiger partial charge is 0.478 e. The summed E-state index contributed by atoms with van der Waals surface area (Å²) in [6, 6.07) is 4.06.